The molecule has 154 valence electrons. The number of halogens is 1. The van der Waals surface area contributed by atoms with E-state index in [0.717, 1.165) is 30.5 Å². The average molecular weight is 415 g/mol. The number of nitrogens with zero attached hydrogens (tertiary/aromatic N) is 2. The second-order valence-electron chi connectivity index (χ2n) is 7.12. The van der Waals surface area contributed by atoms with Gasteiger partial charge in [-0.1, -0.05) is 18.2 Å². The summed E-state index contributed by atoms with van der Waals surface area (Å²) in [4.78, 5) is 13.0. The molecular weight excluding hydrogens is 387 g/mol. The van der Waals surface area contributed by atoms with E-state index in [1.807, 2.05) is 25.4 Å². The zero-order chi connectivity index (χ0) is 20.8. The van der Waals surface area contributed by atoms with Crippen LogP contribution in [0.25, 0.3) is 11.3 Å². The first-order chi connectivity index (χ1) is 14.1. The molecule has 29 heavy (non-hydrogen) atoms. The van der Waals surface area contributed by atoms with E-state index in [9.17, 15) is 9.18 Å². The number of carbonyl (C=O) groups is 1. The van der Waals surface area contributed by atoms with E-state index >= 15 is 0 Å². The quantitative estimate of drug-likeness (QED) is 0.626. The van der Waals surface area contributed by atoms with Crippen LogP contribution in [0, 0.1) is 12.7 Å². The van der Waals surface area contributed by atoms with Crippen LogP contribution < -0.4 is 11.1 Å². The summed E-state index contributed by atoms with van der Waals surface area (Å²) in [5.74, 6) is -0.156. The van der Waals surface area contributed by atoms with E-state index in [1.165, 1.54) is 27.8 Å². The first-order valence-corrected chi connectivity index (χ1v) is 10.6. The molecule has 0 spiro atoms. The number of thiophene rings is 1. The molecule has 0 bridgehead atoms. The Morgan fingerprint density at radius 3 is 2.90 bits per heavy atom. The van der Waals surface area contributed by atoms with Crippen molar-refractivity contribution in [3.8, 4) is 11.3 Å². The minimum absolute atomic E-state index is 0.150. The van der Waals surface area contributed by atoms with Gasteiger partial charge in [0.15, 0.2) is 6.29 Å². The lowest BCUT2D eigenvalue weighted by Crippen LogP contribution is -2.35. The molecule has 1 unspecified atom stereocenters. The van der Waals surface area contributed by atoms with Gasteiger partial charge >= 0.3 is 0 Å². The molecule has 4 rings (SSSR count). The fourth-order valence-electron chi connectivity index (χ4n) is 3.52. The molecule has 0 saturated heterocycles. The summed E-state index contributed by atoms with van der Waals surface area (Å²) in [5.41, 5.74) is 9.80. The highest BCUT2D eigenvalue weighted by atomic mass is 32.1. The number of nitrogens with one attached hydrogen (secondary N) is 1. The van der Waals surface area contributed by atoms with Crippen LogP contribution in [0.1, 0.15) is 32.1 Å². The second kappa shape index (κ2) is 9.91. The van der Waals surface area contributed by atoms with Gasteiger partial charge in [-0.3, -0.25) is 9.48 Å². The number of likely N-dealkylation sites (N-methyl/N-ethyl adjacent to an activating group) is 1. The van der Waals surface area contributed by atoms with Gasteiger partial charge in [0, 0.05) is 29.6 Å². The Kier molecular flexibility index (Phi) is 7.30. The summed E-state index contributed by atoms with van der Waals surface area (Å²) < 4.78 is 15.2. The van der Waals surface area contributed by atoms with Gasteiger partial charge in [-0.05, 0) is 56.5 Å². The number of hydrogen-bond donors (Lipinski definition) is 2. The molecule has 3 heterocycles. The summed E-state index contributed by atoms with van der Waals surface area (Å²) >= 11 is 1.62. The minimum Gasteiger partial charge on any atom is -0.329 e. The van der Waals surface area contributed by atoms with Crippen molar-refractivity contribution in [3.63, 3.8) is 0 Å². The molecule has 1 atom stereocenters. The van der Waals surface area contributed by atoms with Gasteiger partial charge in [0.1, 0.15) is 5.82 Å². The number of fused-ring (bicyclic) bond motifs is 3. The molecule has 0 saturated carbocycles. The number of aryl methyl sites for hydroxylation is 3. The van der Waals surface area contributed by atoms with Crippen LogP contribution in [0.15, 0.2) is 36.5 Å². The summed E-state index contributed by atoms with van der Waals surface area (Å²) in [7, 11) is 1.83. The van der Waals surface area contributed by atoms with Crippen molar-refractivity contribution in [1.29, 1.82) is 0 Å². The van der Waals surface area contributed by atoms with E-state index < -0.39 is 0 Å². The predicted molar refractivity (Wildman–Crippen MR) is 116 cm³/mol. The number of benzene rings is 1. The molecule has 3 N–H and O–H groups in total. The first kappa shape index (κ1) is 21.4. The van der Waals surface area contributed by atoms with Gasteiger partial charge in [-0.15, -0.1) is 11.3 Å². The van der Waals surface area contributed by atoms with Crippen LogP contribution in [-0.2, 0) is 19.4 Å². The molecule has 5 nitrogen and oxygen atoms in total. The van der Waals surface area contributed by atoms with Crippen LogP contribution >= 0.6 is 11.3 Å². The second-order valence-corrected chi connectivity index (χ2v) is 8.29. The number of nitrogens with two attached hydrogens (primary N) is 1. The Morgan fingerprint density at radius 2 is 2.21 bits per heavy atom. The maximum atomic E-state index is 13.2. The van der Waals surface area contributed by atoms with Gasteiger partial charge in [0.25, 0.3) is 0 Å². The maximum absolute atomic E-state index is 13.2. The van der Waals surface area contributed by atoms with Crippen LogP contribution in [0.2, 0.25) is 0 Å². The smallest absolute Gasteiger partial charge is 0.160 e. The highest BCUT2D eigenvalue weighted by Gasteiger charge is 2.19. The Hall–Kier alpha value is -2.35. The molecule has 1 aliphatic rings. The summed E-state index contributed by atoms with van der Waals surface area (Å²) in [6, 6.07) is 8.93. The van der Waals surface area contributed by atoms with E-state index in [1.54, 1.807) is 23.5 Å². The normalized spacial score (nSPS) is 13.5. The van der Waals surface area contributed by atoms with Gasteiger partial charge in [0.05, 0.1) is 16.8 Å². The van der Waals surface area contributed by atoms with Gasteiger partial charge in [-0.25, -0.2) is 4.39 Å². The van der Waals surface area contributed by atoms with Crippen LogP contribution in [0.3, 0.4) is 0 Å². The summed E-state index contributed by atoms with van der Waals surface area (Å²) in [6.07, 6.45) is 5.63. The maximum Gasteiger partial charge on any atom is 0.160 e. The lowest BCUT2D eigenvalue weighted by molar-refractivity contribution is 0.112. The van der Waals surface area contributed by atoms with Gasteiger partial charge in [-0.2, -0.15) is 5.10 Å². The van der Waals surface area contributed by atoms with Crippen molar-refractivity contribution >= 4 is 17.6 Å². The van der Waals surface area contributed by atoms with Crippen molar-refractivity contribution in [2.24, 2.45) is 5.73 Å². The van der Waals surface area contributed by atoms with Crippen molar-refractivity contribution in [2.75, 3.05) is 13.6 Å². The van der Waals surface area contributed by atoms with Crippen molar-refractivity contribution in [2.45, 2.75) is 38.8 Å². The van der Waals surface area contributed by atoms with E-state index in [4.69, 9.17) is 5.73 Å². The third-order valence-corrected chi connectivity index (χ3v) is 6.23. The number of aromatic nitrogens is 2. The first-order valence-electron chi connectivity index (χ1n) is 9.78. The highest BCUT2D eigenvalue weighted by Crippen LogP contribution is 2.36. The fraction of sp³-hybridized carbons (Fsp3) is 0.364. The zero-order valence-electron chi connectivity index (χ0n) is 16.8. The molecule has 0 radical (unpaired) electrons. The lowest BCUT2D eigenvalue weighted by Gasteiger charge is -2.13. The van der Waals surface area contributed by atoms with Crippen LogP contribution in [0.5, 0.6) is 0 Å². The van der Waals surface area contributed by atoms with E-state index in [-0.39, 0.29) is 11.9 Å². The van der Waals surface area contributed by atoms with Crippen LogP contribution in [-0.4, -0.2) is 35.7 Å². The third-order valence-electron chi connectivity index (χ3n) is 5.11. The number of aldehydes is 1. The van der Waals surface area contributed by atoms with E-state index in [0.29, 0.717) is 18.5 Å². The third kappa shape index (κ3) is 4.98. The van der Waals surface area contributed by atoms with Crippen LogP contribution in [0.4, 0.5) is 4.39 Å². The molecule has 2 aromatic heterocycles. The standard InChI is InChI=1S/C12H12N2OS.C10H15FN2/c1-8-6-13-14-4-2-3-11-10(12(8)14)5-9(7-15)16-11;1-13-9(7-12)6-8-4-2-3-5-10(8)11/h5-7H,2-4H2,1H3;2-5,9,13H,6-7,12H2,1H3. The predicted octanol–water partition coefficient (Wildman–Crippen LogP) is 3.59. The number of hydrogen-bond acceptors (Lipinski definition) is 5. The topological polar surface area (TPSA) is 72.9 Å². The van der Waals surface area contributed by atoms with Gasteiger partial charge < -0.3 is 11.1 Å². The Labute approximate surface area is 174 Å². The largest absolute Gasteiger partial charge is 0.329 e. The molecule has 7 heteroatoms. The molecule has 0 aliphatic carbocycles. The van der Waals surface area contributed by atoms with E-state index in [2.05, 4.69) is 22.0 Å². The molecule has 1 aliphatic heterocycles. The Balaban J connectivity index is 0.000000170. The molecule has 3 aromatic rings. The lowest BCUT2D eigenvalue weighted by atomic mass is 10.1. The molecule has 1 aromatic carbocycles. The fourth-order valence-corrected chi connectivity index (χ4v) is 4.54. The number of rotatable bonds is 5. The summed E-state index contributed by atoms with van der Waals surface area (Å²) in [6.45, 7) is 3.57. The molecular formula is C22H27FN4OS. The minimum atomic E-state index is -0.156. The number of carbonyl (C=O) groups excluding carboxylic acids is 1. The summed E-state index contributed by atoms with van der Waals surface area (Å²) in [5, 5.41) is 7.42. The monoisotopic (exact) mass is 414 g/mol. The molecule has 0 fully saturated rings. The van der Waals surface area contributed by atoms with Crippen molar-refractivity contribution < 1.29 is 9.18 Å². The Morgan fingerprint density at radius 1 is 1.41 bits per heavy atom. The van der Waals surface area contributed by atoms with Crippen molar-refractivity contribution in [3.05, 3.63) is 63.2 Å². The SMILES string of the molecule is CNC(CN)Cc1ccccc1F.Cc1cnn2c1-c1cc(C=O)sc1CCC2. The molecule has 0 amide bonds. The zero-order valence-corrected chi connectivity index (χ0v) is 17.6. The average Bonchev–Trinajstić information content (AvgIpc) is 3.26. The van der Waals surface area contributed by atoms with Crippen molar-refractivity contribution in [1.82, 2.24) is 15.1 Å². The Bertz CT molecular complexity index is 962. The van der Waals surface area contributed by atoms with Gasteiger partial charge in [0.2, 0.25) is 0 Å². The highest BCUT2D eigenvalue weighted by molar-refractivity contribution is 7.14.